The van der Waals surface area contributed by atoms with Gasteiger partial charge in [-0.05, 0) is 48.0 Å². The van der Waals surface area contributed by atoms with Gasteiger partial charge >= 0.3 is 0 Å². The number of ketones is 1. The second-order valence-electron chi connectivity index (χ2n) is 7.80. The van der Waals surface area contributed by atoms with Gasteiger partial charge < -0.3 is 9.88 Å². The average Bonchev–Trinajstić information content (AvgIpc) is 3.20. The van der Waals surface area contributed by atoms with Crippen molar-refractivity contribution in [2.24, 2.45) is 0 Å². The summed E-state index contributed by atoms with van der Waals surface area (Å²) in [6.07, 6.45) is 1.80. The highest BCUT2D eigenvalue weighted by Gasteiger charge is 2.24. The molecule has 5 rings (SSSR count). The average molecular weight is 414 g/mol. The van der Waals surface area contributed by atoms with Gasteiger partial charge in [-0.15, -0.1) is 0 Å². The lowest BCUT2D eigenvalue weighted by Gasteiger charge is -2.35. The largest absolute Gasteiger partial charge is 0.354 e. The first kappa shape index (κ1) is 19.5. The van der Waals surface area contributed by atoms with Crippen LogP contribution in [0, 0.1) is 5.82 Å². The third-order valence-electron chi connectivity index (χ3n) is 5.83. The topological polar surface area (TPSA) is 52.2 Å². The van der Waals surface area contributed by atoms with Gasteiger partial charge in [0.05, 0.1) is 17.8 Å². The van der Waals surface area contributed by atoms with E-state index in [4.69, 9.17) is 0 Å². The summed E-state index contributed by atoms with van der Waals surface area (Å²) < 4.78 is 13.4. The van der Waals surface area contributed by atoms with Crippen LogP contribution in [0.15, 0.2) is 72.9 Å². The summed E-state index contributed by atoms with van der Waals surface area (Å²) in [7, 11) is 0. The summed E-state index contributed by atoms with van der Waals surface area (Å²) in [6, 6.07) is 20.0. The Morgan fingerprint density at radius 3 is 2.42 bits per heavy atom. The zero-order valence-corrected chi connectivity index (χ0v) is 17.1. The molecule has 6 heteroatoms. The lowest BCUT2D eigenvalue weighted by atomic mass is 10.0. The van der Waals surface area contributed by atoms with Gasteiger partial charge in [0.1, 0.15) is 11.6 Å². The van der Waals surface area contributed by atoms with Gasteiger partial charge in [0.2, 0.25) is 0 Å². The molecule has 0 amide bonds. The van der Waals surface area contributed by atoms with E-state index in [1.165, 1.54) is 12.1 Å². The molecule has 0 unspecified atom stereocenters. The van der Waals surface area contributed by atoms with Crippen LogP contribution in [0.2, 0.25) is 0 Å². The molecule has 0 atom stereocenters. The summed E-state index contributed by atoms with van der Waals surface area (Å²) in [5.74, 6) is 0.755. The van der Waals surface area contributed by atoms with E-state index in [-0.39, 0.29) is 11.6 Å². The number of nitrogens with one attached hydrogen (secondary N) is 1. The highest BCUT2D eigenvalue weighted by atomic mass is 19.1. The Hall–Kier alpha value is -3.51. The van der Waals surface area contributed by atoms with Crippen LogP contribution in [0.3, 0.4) is 0 Å². The number of halogens is 1. The molecule has 5 nitrogen and oxygen atoms in total. The number of H-pyrrole nitrogens is 1. The minimum Gasteiger partial charge on any atom is -0.354 e. The van der Waals surface area contributed by atoms with Gasteiger partial charge in [-0.25, -0.2) is 9.37 Å². The number of aromatic amines is 1. The minimum atomic E-state index is -0.293. The number of hydrogen-bond donors (Lipinski definition) is 1. The van der Waals surface area contributed by atoms with Gasteiger partial charge in [-0.3, -0.25) is 9.69 Å². The van der Waals surface area contributed by atoms with Crippen molar-refractivity contribution in [3.05, 3.63) is 84.3 Å². The summed E-state index contributed by atoms with van der Waals surface area (Å²) in [5.41, 5.74) is 3.14. The Labute approximate surface area is 180 Å². The van der Waals surface area contributed by atoms with E-state index < -0.39 is 0 Å². The van der Waals surface area contributed by atoms with Crippen LogP contribution < -0.4 is 4.90 Å². The lowest BCUT2D eigenvalue weighted by molar-refractivity contribution is 0.0928. The summed E-state index contributed by atoms with van der Waals surface area (Å²) in [4.78, 5) is 25.7. The number of para-hydroxylation sites is 1. The molecule has 0 spiro atoms. The third-order valence-corrected chi connectivity index (χ3v) is 5.83. The second-order valence-corrected chi connectivity index (χ2v) is 7.80. The number of nitrogens with zero attached hydrogens (tertiary/aromatic N) is 3. The van der Waals surface area contributed by atoms with Crippen LogP contribution in [-0.4, -0.2) is 53.4 Å². The van der Waals surface area contributed by atoms with Crippen LogP contribution in [0.4, 0.5) is 10.2 Å². The number of anilines is 1. The van der Waals surface area contributed by atoms with Crippen molar-refractivity contribution in [3.63, 3.8) is 0 Å². The zero-order chi connectivity index (χ0) is 21.2. The molecule has 0 aliphatic carbocycles. The monoisotopic (exact) mass is 414 g/mol. The second kappa shape index (κ2) is 8.32. The van der Waals surface area contributed by atoms with Gasteiger partial charge in [-0.2, -0.15) is 0 Å². The molecule has 1 N–H and O–H groups in total. The molecule has 3 heterocycles. The molecule has 1 fully saturated rings. The predicted molar refractivity (Wildman–Crippen MR) is 121 cm³/mol. The smallest absolute Gasteiger partial charge is 0.179 e. The Morgan fingerprint density at radius 2 is 1.68 bits per heavy atom. The first-order valence-corrected chi connectivity index (χ1v) is 10.5. The van der Waals surface area contributed by atoms with E-state index in [9.17, 15) is 9.18 Å². The lowest BCUT2D eigenvalue weighted by Crippen LogP contribution is -2.48. The van der Waals surface area contributed by atoms with E-state index in [0.717, 1.165) is 54.2 Å². The van der Waals surface area contributed by atoms with Gasteiger partial charge in [0.25, 0.3) is 0 Å². The molecular weight excluding hydrogens is 391 g/mol. The van der Waals surface area contributed by atoms with E-state index in [2.05, 4.69) is 19.8 Å². The third kappa shape index (κ3) is 3.94. The maximum atomic E-state index is 13.4. The summed E-state index contributed by atoms with van der Waals surface area (Å²) in [6.45, 7) is 3.63. The normalized spacial score (nSPS) is 14.8. The first-order chi connectivity index (χ1) is 15.2. The van der Waals surface area contributed by atoms with Crippen LogP contribution in [0.25, 0.3) is 22.2 Å². The van der Waals surface area contributed by atoms with Crippen molar-refractivity contribution >= 4 is 22.5 Å². The van der Waals surface area contributed by atoms with E-state index in [1.807, 2.05) is 42.5 Å². The molecule has 4 aromatic rings. The fourth-order valence-corrected chi connectivity index (χ4v) is 4.22. The highest BCUT2D eigenvalue weighted by Crippen LogP contribution is 2.31. The molecule has 0 radical (unpaired) electrons. The van der Waals surface area contributed by atoms with Gasteiger partial charge in [0, 0.05) is 43.3 Å². The Morgan fingerprint density at radius 1 is 0.935 bits per heavy atom. The molecule has 0 bridgehead atoms. The molecule has 0 saturated carbocycles. The predicted octanol–water partition coefficient (Wildman–Crippen LogP) is 4.37. The minimum absolute atomic E-state index is 0.0723. The molecule has 1 saturated heterocycles. The number of fused-ring (bicyclic) bond motifs is 1. The first-order valence-electron chi connectivity index (χ1n) is 10.5. The molecule has 156 valence electrons. The molecule has 1 aliphatic rings. The van der Waals surface area contributed by atoms with E-state index in [0.29, 0.717) is 12.1 Å². The maximum absolute atomic E-state index is 13.4. The fraction of sp³-hybridized carbons (Fsp3) is 0.200. The van der Waals surface area contributed by atoms with E-state index >= 15 is 0 Å². The number of rotatable bonds is 5. The molecule has 31 heavy (non-hydrogen) atoms. The van der Waals surface area contributed by atoms with Crippen LogP contribution in [0.5, 0.6) is 0 Å². The number of hydrogen-bond acceptors (Lipinski definition) is 4. The van der Waals surface area contributed by atoms with E-state index in [1.54, 1.807) is 18.3 Å². The Kier molecular flexibility index (Phi) is 5.22. The number of Topliss-reactive ketones (excluding diaryl/α,β-unsaturated/α-hetero) is 1. The van der Waals surface area contributed by atoms with Crippen molar-refractivity contribution < 1.29 is 9.18 Å². The van der Waals surface area contributed by atoms with Crippen molar-refractivity contribution in [1.82, 2.24) is 14.9 Å². The van der Waals surface area contributed by atoms with Gasteiger partial charge in [0.15, 0.2) is 5.78 Å². The van der Waals surface area contributed by atoms with Crippen molar-refractivity contribution in [1.29, 1.82) is 0 Å². The highest BCUT2D eigenvalue weighted by molar-refractivity contribution is 6.14. The van der Waals surface area contributed by atoms with Crippen molar-refractivity contribution in [2.45, 2.75) is 0 Å². The zero-order valence-electron chi connectivity index (χ0n) is 17.1. The summed E-state index contributed by atoms with van der Waals surface area (Å²) >= 11 is 0. The standard InChI is InChI=1S/C25H23FN4O/c26-19-10-8-18(9-11-19)25-24(20-5-1-2-6-21(20)28-25)22(31)17-29-13-15-30(16-14-29)23-7-3-4-12-27-23/h1-12,28H,13-17H2. The molecule has 1 aliphatic heterocycles. The SMILES string of the molecule is O=C(CN1CCN(c2ccccn2)CC1)c1c(-c2ccc(F)cc2)[nH]c2ccccc12. The number of carbonyl (C=O) groups is 1. The number of aromatic nitrogens is 2. The van der Waals surface area contributed by atoms with Crippen LogP contribution >= 0.6 is 0 Å². The van der Waals surface area contributed by atoms with Gasteiger partial charge in [-0.1, -0.05) is 24.3 Å². The molecular formula is C25H23FN4O. The van der Waals surface area contributed by atoms with Crippen LogP contribution in [0.1, 0.15) is 10.4 Å². The Balaban J connectivity index is 1.37. The fourth-order valence-electron chi connectivity index (χ4n) is 4.22. The Bertz CT molecular complexity index is 1200. The molecule has 2 aromatic heterocycles. The quantitative estimate of drug-likeness (QED) is 0.493. The van der Waals surface area contributed by atoms with Crippen LogP contribution in [-0.2, 0) is 0 Å². The number of piperazine rings is 1. The maximum Gasteiger partial charge on any atom is 0.179 e. The van der Waals surface area contributed by atoms with Crippen molar-refractivity contribution in [3.8, 4) is 11.3 Å². The number of carbonyl (C=O) groups excluding carboxylic acids is 1. The summed E-state index contributed by atoms with van der Waals surface area (Å²) in [5, 5.41) is 0.902. The molecule has 2 aromatic carbocycles. The van der Waals surface area contributed by atoms with Crippen molar-refractivity contribution in [2.75, 3.05) is 37.6 Å². The number of benzene rings is 2. The number of pyridine rings is 1.